The van der Waals surface area contributed by atoms with E-state index in [2.05, 4.69) is 109 Å². The zero-order chi connectivity index (χ0) is 30.8. The average Bonchev–Trinajstić information content (AvgIpc) is 3.25. The molecule has 5 heteroatoms. The maximum absolute atomic E-state index is 14.7. The summed E-state index contributed by atoms with van der Waals surface area (Å²) in [6, 6.07) is 34.2. The summed E-state index contributed by atoms with van der Waals surface area (Å²) in [6.07, 6.45) is 8.37. The van der Waals surface area contributed by atoms with E-state index in [0.29, 0.717) is 11.5 Å². The topological polar surface area (TPSA) is 47.9 Å². The third kappa shape index (κ3) is 4.27. The first-order chi connectivity index (χ1) is 22.6. The smallest absolute Gasteiger partial charge is 0.398 e. The Bertz CT molecular complexity index is 2120. The van der Waals surface area contributed by atoms with Crippen molar-refractivity contribution < 1.29 is 13.6 Å². The second-order valence-corrected chi connectivity index (χ2v) is 14.4. The van der Waals surface area contributed by atoms with Gasteiger partial charge in [-0.2, -0.15) is 4.76 Å². The summed E-state index contributed by atoms with van der Waals surface area (Å²) in [7, 11) is -4.08. The van der Waals surface area contributed by atoms with E-state index < -0.39 is 7.75 Å². The second kappa shape index (κ2) is 10.7. The lowest BCUT2D eigenvalue weighted by Gasteiger charge is -2.28. The third-order valence-electron chi connectivity index (χ3n) is 10.2. The molecule has 0 aromatic heterocycles. The van der Waals surface area contributed by atoms with E-state index in [1.807, 2.05) is 0 Å². The predicted octanol–water partition coefficient (Wildman–Crippen LogP) is 11.3. The van der Waals surface area contributed by atoms with Crippen molar-refractivity contribution in [3.8, 4) is 44.9 Å². The molecular weight excluding hydrogens is 585 g/mol. The molecule has 0 saturated carbocycles. The minimum Gasteiger partial charge on any atom is -0.398 e. The number of aryl methyl sites for hydroxylation is 2. The van der Waals surface area contributed by atoms with Gasteiger partial charge in [-0.1, -0.05) is 84.9 Å². The number of hydrogen-bond donors (Lipinski definition) is 0. The zero-order valence-electron chi connectivity index (χ0n) is 25.7. The highest BCUT2D eigenvalue weighted by molar-refractivity contribution is 7.53. The first-order valence-electron chi connectivity index (χ1n) is 16.4. The fourth-order valence-corrected chi connectivity index (χ4v) is 9.11. The summed E-state index contributed by atoms with van der Waals surface area (Å²) in [5.74, 6) is 1.21. The lowest BCUT2D eigenvalue weighted by molar-refractivity contribution is 0.394. The molecule has 226 valence electrons. The van der Waals surface area contributed by atoms with Crippen molar-refractivity contribution in [2.45, 2.75) is 51.4 Å². The van der Waals surface area contributed by atoms with Gasteiger partial charge < -0.3 is 9.05 Å². The Labute approximate surface area is 269 Å². The van der Waals surface area contributed by atoms with Gasteiger partial charge in [-0.3, -0.25) is 0 Å². The Morgan fingerprint density at radius 1 is 0.543 bits per heavy atom. The van der Waals surface area contributed by atoms with E-state index in [9.17, 15) is 4.57 Å². The van der Waals surface area contributed by atoms with Crippen LogP contribution in [0.5, 0.6) is 11.5 Å². The van der Waals surface area contributed by atoms with Crippen molar-refractivity contribution in [3.63, 3.8) is 0 Å². The van der Waals surface area contributed by atoms with Crippen LogP contribution in [0.4, 0.5) is 0 Å². The van der Waals surface area contributed by atoms with E-state index in [1.54, 1.807) is 0 Å². The molecule has 6 aromatic rings. The van der Waals surface area contributed by atoms with Crippen LogP contribution in [0.2, 0.25) is 0 Å². The van der Waals surface area contributed by atoms with Gasteiger partial charge >= 0.3 is 7.75 Å². The molecule has 1 aliphatic heterocycles. The van der Waals surface area contributed by atoms with E-state index in [4.69, 9.17) is 9.05 Å². The van der Waals surface area contributed by atoms with Crippen LogP contribution in [-0.2, 0) is 30.2 Å². The predicted molar refractivity (Wildman–Crippen MR) is 189 cm³/mol. The van der Waals surface area contributed by atoms with Crippen LogP contribution >= 0.6 is 7.75 Å². The lowest BCUT2D eigenvalue weighted by atomic mass is 9.77. The van der Waals surface area contributed by atoms with Gasteiger partial charge in [-0.15, -0.1) is 0 Å². The molecule has 0 fully saturated rings. The molecular formula is C41H34NO3P. The van der Waals surface area contributed by atoms with Gasteiger partial charge in [-0.05, 0) is 125 Å². The summed E-state index contributed by atoms with van der Waals surface area (Å²) in [4.78, 5) is 0. The van der Waals surface area contributed by atoms with Crippen LogP contribution in [0.15, 0.2) is 102 Å². The van der Waals surface area contributed by atoms with Crippen LogP contribution < -0.4 is 9.05 Å². The highest BCUT2D eigenvalue weighted by Crippen LogP contribution is 2.64. The molecule has 0 saturated heterocycles. The Balaban J connectivity index is 1.46. The molecule has 4 nitrogen and oxygen atoms in total. The Morgan fingerprint density at radius 3 is 1.46 bits per heavy atom. The van der Waals surface area contributed by atoms with Crippen molar-refractivity contribution in [1.82, 2.24) is 0 Å². The van der Waals surface area contributed by atoms with Crippen LogP contribution in [0.3, 0.4) is 0 Å². The van der Waals surface area contributed by atoms with Gasteiger partial charge in [0, 0.05) is 22.3 Å². The van der Waals surface area contributed by atoms with Crippen molar-refractivity contribution >= 4 is 36.0 Å². The Hall–Kier alpha value is -4.66. The van der Waals surface area contributed by atoms with Crippen LogP contribution in [0.25, 0.3) is 54.9 Å². The molecule has 0 spiro atoms. The highest BCUT2D eigenvalue weighted by atomic mass is 31.2. The van der Waals surface area contributed by atoms with Crippen molar-refractivity contribution in [1.29, 1.82) is 0 Å². The van der Waals surface area contributed by atoms with Crippen molar-refractivity contribution in [2.24, 2.45) is 4.76 Å². The number of fused-ring (bicyclic) bond motifs is 9. The first-order valence-corrected chi connectivity index (χ1v) is 17.9. The van der Waals surface area contributed by atoms with Crippen LogP contribution in [0.1, 0.15) is 47.9 Å². The SMILES string of the molecule is C=NP1(=O)Oc2c(-c3cccc4ccccc34)cc3c(c2-c2c4c(cc(-c5cccc6ccccc56)c2O1)CCCC4)CCCC3. The average molecular weight is 620 g/mol. The molecule has 0 N–H and O–H groups in total. The van der Waals surface area contributed by atoms with E-state index in [1.165, 1.54) is 22.3 Å². The van der Waals surface area contributed by atoms with Gasteiger partial charge in [0.25, 0.3) is 0 Å². The maximum Gasteiger partial charge on any atom is 0.562 e. The molecule has 3 aliphatic rings. The third-order valence-corrected chi connectivity index (χ3v) is 11.4. The van der Waals surface area contributed by atoms with Crippen LogP contribution in [0, 0.1) is 0 Å². The molecule has 6 aromatic carbocycles. The minimum absolute atomic E-state index is 0.606. The maximum atomic E-state index is 14.7. The number of benzene rings is 6. The normalized spacial score (nSPS) is 16.3. The van der Waals surface area contributed by atoms with Gasteiger partial charge in [0.05, 0.1) is 0 Å². The Morgan fingerprint density at radius 2 is 0.978 bits per heavy atom. The fourth-order valence-electron chi connectivity index (χ4n) is 8.12. The molecule has 2 aliphatic carbocycles. The van der Waals surface area contributed by atoms with Crippen molar-refractivity contribution in [3.05, 3.63) is 119 Å². The van der Waals surface area contributed by atoms with E-state index >= 15 is 0 Å². The van der Waals surface area contributed by atoms with Gasteiger partial charge in [-0.25, -0.2) is 4.57 Å². The van der Waals surface area contributed by atoms with Gasteiger partial charge in [0.1, 0.15) is 11.5 Å². The summed E-state index contributed by atoms with van der Waals surface area (Å²) in [5, 5.41) is 4.56. The number of hydrogen-bond acceptors (Lipinski definition) is 3. The quantitative estimate of drug-likeness (QED) is 0.146. The molecule has 0 atom stereocenters. The first kappa shape index (κ1) is 27.6. The lowest BCUT2D eigenvalue weighted by Crippen LogP contribution is -2.10. The molecule has 9 rings (SSSR count). The molecule has 0 unspecified atom stereocenters. The van der Waals surface area contributed by atoms with E-state index in [0.717, 1.165) is 106 Å². The summed E-state index contributed by atoms with van der Waals surface area (Å²) in [5.41, 5.74) is 11.3. The fraction of sp³-hybridized carbons (Fsp3) is 0.195. The van der Waals surface area contributed by atoms with E-state index in [-0.39, 0.29) is 0 Å². The highest BCUT2D eigenvalue weighted by Gasteiger charge is 2.40. The summed E-state index contributed by atoms with van der Waals surface area (Å²) < 4.78 is 32.1. The number of rotatable bonds is 3. The Kier molecular flexibility index (Phi) is 6.44. The van der Waals surface area contributed by atoms with Gasteiger partial charge in [0.15, 0.2) is 0 Å². The van der Waals surface area contributed by atoms with Crippen LogP contribution in [-0.4, -0.2) is 6.72 Å². The largest absolute Gasteiger partial charge is 0.562 e. The second-order valence-electron chi connectivity index (χ2n) is 12.8. The number of nitrogens with zero attached hydrogens (tertiary/aromatic N) is 1. The molecule has 0 bridgehead atoms. The molecule has 46 heavy (non-hydrogen) atoms. The standard InChI is InChI=1S/C41H34NO3P/c1-42-46(43)44-40-36(34-22-10-16-26-12-2-6-18-30(26)34)24-28-14-4-8-20-32(28)38(40)39-33-21-9-5-15-29(33)25-37(41(39)45-46)35-23-11-17-27-13-3-7-19-31(27)35/h2-3,6-7,10-13,16-19,22-25H,1,4-5,8-9,14-15,20-21H2. The summed E-state index contributed by atoms with van der Waals surface area (Å²) >= 11 is 0. The zero-order valence-corrected chi connectivity index (χ0v) is 26.6. The molecule has 0 amide bonds. The molecule has 0 radical (unpaired) electrons. The van der Waals surface area contributed by atoms with Gasteiger partial charge in [0.2, 0.25) is 0 Å². The van der Waals surface area contributed by atoms with Crippen molar-refractivity contribution in [2.75, 3.05) is 0 Å². The summed E-state index contributed by atoms with van der Waals surface area (Å²) in [6.45, 7) is 3.76. The monoisotopic (exact) mass is 619 g/mol. The molecule has 1 heterocycles. The minimum atomic E-state index is -4.08.